The van der Waals surface area contributed by atoms with Crippen LogP contribution >= 0.6 is 0 Å². The average molecular weight is 275 g/mol. The first kappa shape index (κ1) is 14.5. The summed E-state index contributed by atoms with van der Waals surface area (Å²) in [5.74, 6) is 1.51. The average Bonchev–Trinajstić information content (AvgIpc) is 2.86. The van der Waals surface area contributed by atoms with Crippen molar-refractivity contribution >= 4 is 5.82 Å². The van der Waals surface area contributed by atoms with E-state index in [0.717, 1.165) is 36.6 Å². The second-order valence-corrected chi connectivity index (χ2v) is 4.54. The fourth-order valence-electron chi connectivity index (χ4n) is 1.84. The minimum absolute atomic E-state index is 0.431. The molecule has 0 amide bonds. The molecule has 2 aromatic rings. The summed E-state index contributed by atoms with van der Waals surface area (Å²) >= 11 is 0. The normalized spacial score (nSPS) is 10.8. The van der Waals surface area contributed by atoms with Crippen LogP contribution in [-0.4, -0.2) is 32.9 Å². The van der Waals surface area contributed by atoms with Gasteiger partial charge in [0.2, 0.25) is 0 Å². The van der Waals surface area contributed by atoms with E-state index in [9.17, 15) is 0 Å². The molecular formula is C14H21N5O. The van der Waals surface area contributed by atoms with Crippen molar-refractivity contribution in [2.75, 3.05) is 18.5 Å². The van der Waals surface area contributed by atoms with Crippen molar-refractivity contribution in [2.24, 2.45) is 7.05 Å². The quantitative estimate of drug-likeness (QED) is 0.785. The van der Waals surface area contributed by atoms with Crippen LogP contribution in [0.1, 0.15) is 26.1 Å². The lowest BCUT2D eigenvalue weighted by atomic mass is 10.2. The molecular weight excluding hydrogens is 254 g/mol. The molecule has 0 aliphatic heterocycles. The molecule has 0 aromatic carbocycles. The summed E-state index contributed by atoms with van der Waals surface area (Å²) in [6.45, 7) is 6.09. The number of hydrogen-bond acceptors (Lipinski definition) is 5. The standard InChI is InChI=1S/C14H21N5O/c1-4-6-20-10-14-17-12(7-13(18-14)15-5-2)11-8-16-19(3)9-11/h7-9H,4-6,10H2,1-3H3,(H,15,17,18). The predicted octanol–water partition coefficient (Wildman–Crippen LogP) is 2.24. The second kappa shape index (κ2) is 7.00. The summed E-state index contributed by atoms with van der Waals surface area (Å²) in [7, 11) is 1.89. The molecule has 20 heavy (non-hydrogen) atoms. The first-order valence-electron chi connectivity index (χ1n) is 6.91. The van der Waals surface area contributed by atoms with E-state index in [4.69, 9.17) is 4.74 Å². The number of anilines is 1. The van der Waals surface area contributed by atoms with E-state index in [1.165, 1.54) is 0 Å². The van der Waals surface area contributed by atoms with Gasteiger partial charge < -0.3 is 10.1 Å². The molecule has 0 radical (unpaired) electrons. The molecule has 0 fully saturated rings. The fraction of sp³-hybridized carbons (Fsp3) is 0.500. The Morgan fingerprint density at radius 3 is 2.80 bits per heavy atom. The Morgan fingerprint density at radius 2 is 2.15 bits per heavy atom. The van der Waals surface area contributed by atoms with Crippen LogP contribution in [0.3, 0.4) is 0 Å². The number of hydrogen-bond donors (Lipinski definition) is 1. The maximum Gasteiger partial charge on any atom is 0.157 e. The Labute approximate surface area is 119 Å². The van der Waals surface area contributed by atoms with Gasteiger partial charge in [-0.15, -0.1) is 0 Å². The molecule has 108 valence electrons. The molecule has 2 rings (SSSR count). The van der Waals surface area contributed by atoms with E-state index in [1.54, 1.807) is 10.9 Å². The van der Waals surface area contributed by atoms with Gasteiger partial charge in [0.25, 0.3) is 0 Å². The van der Waals surface area contributed by atoms with Gasteiger partial charge in [0.05, 0.1) is 11.9 Å². The van der Waals surface area contributed by atoms with Gasteiger partial charge >= 0.3 is 0 Å². The van der Waals surface area contributed by atoms with Gasteiger partial charge in [-0.3, -0.25) is 4.68 Å². The highest BCUT2D eigenvalue weighted by Crippen LogP contribution is 2.19. The van der Waals surface area contributed by atoms with Crippen molar-refractivity contribution < 1.29 is 4.74 Å². The summed E-state index contributed by atoms with van der Waals surface area (Å²) in [6.07, 6.45) is 4.73. The van der Waals surface area contributed by atoms with Crippen LogP contribution in [0.4, 0.5) is 5.82 Å². The molecule has 1 N–H and O–H groups in total. The third kappa shape index (κ3) is 3.77. The van der Waals surface area contributed by atoms with Crippen LogP contribution in [-0.2, 0) is 18.4 Å². The maximum absolute atomic E-state index is 5.52. The number of rotatable bonds is 7. The Hall–Kier alpha value is -1.95. The zero-order valence-corrected chi connectivity index (χ0v) is 12.3. The molecule has 0 bridgehead atoms. The number of aromatic nitrogens is 4. The van der Waals surface area contributed by atoms with E-state index >= 15 is 0 Å². The minimum atomic E-state index is 0.431. The lowest BCUT2D eigenvalue weighted by molar-refractivity contribution is 0.116. The molecule has 0 spiro atoms. The van der Waals surface area contributed by atoms with Crippen molar-refractivity contribution in [3.63, 3.8) is 0 Å². The third-order valence-corrected chi connectivity index (χ3v) is 2.71. The lowest BCUT2D eigenvalue weighted by Crippen LogP contribution is -2.06. The largest absolute Gasteiger partial charge is 0.373 e. The van der Waals surface area contributed by atoms with Gasteiger partial charge in [0.15, 0.2) is 5.82 Å². The molecule has 6 nitrogen and oxygen atoms in total. The van der Waals surface area contributed by atoms with Crippen LogP contribution in [0.25, 0.3) is 11.3 Å². The zero-order valence-electron chi connectivity index (χ0n) is 12.3. The summed E-state index contributed by atoms with van der Waals surface area (Å²) in [4.78, 5) is 8.99. The highest BCUT2D eigenvalue weighted by molar-refractivity contribution is 5.60. The van der Waals surface area contributed by atoms with Crippen LogP contribution in [0, 0.1) is 0 Å². The predicted molar refractivity (Wildman–Crippen MR) is 78.3 cm³/mol. The van der Waals surface area contributed by atoms with E-state index in [0.29, 0.717) is 12.4 Å². The number of nitrogens with zero attached hydrogens (tertiary/aromatic N) is 4. The molecule has 2 aromatic heterocycles. The topological polar surface area (TPSA) is 64.9 Å². The van der Waals surface area contributed by atoms with Crippen LogP contribution in [0.2, 0.25) is 0 Å². The Kier molecular flexibility index (Phi) is 5.06. The van der Waals surface area contributed by atoms with Crippen molar-refractivity contribution in [3.8, 4) is 11.3 Å². The van der Waals surface area contributed by atoms with Crippen molar-refractivity contribution in [3.05, 3.63) is 24.3 Å². The highest BCUT2D eigenvalue weighted by atomic mass is 16.5. The number of nitrogens with one attached hydrogen (secondary N) is 1. The van der Waals surface area contributed by atoms with Crippen LogP contribution in [0.15, 0.2) is 18.5 Å². The third-order valence-electron chi connectivity index (χ3n) is 2.71. The molecule has 0 aliphatic rings. The van der Waals surface area contributed by atoms with Gasteiger partial charge in [-0.25, -0.2) is 9.97 Å². The molecule has 2 heterocycles. The van der Waals surface area contributed by atoms with Gasteiger partial charge in [0.1, 0.15) is 12.4 Å². The molecule has 0 saturated heterocycles. The summed E-state index contributed by atoms with van der Waals surface area (Å²) in [6, 6.07) is 1.93. The second-order valence-electron chi connectivity index (χ2n) is 4.54. The van der Waals surface area contributed by atoms with E-state index in [2.05, 4.69) is 27.3 Å². The van der Waals surface area contributed by atoms with Crippen LogP contribution < -0.4 is 5.32 Å². The number of aryl methyl sites for hydroxylation is 1. The Balaban J connectivity index is 2.25. The summed E-state index contributed by atoms with van der Waals surface area (Å²) in [5.41, 5.74) is 1.84. The molecule has 0 atom stereocenters. The first-order valence-corrected chi connectivity index (χ1v) is 6.91. The van der Waals surface area contributed by atoms with Crippen molar-refractivity contribution in [2.45, 2.75) is 26.9 Å². The smallest absolute Gasteiger partial charge is 0.157 e. The van der Waals surface area contributed by atoms with Crippen molar-refractivity contribution in [1.82, 2.24) is 19.7 Å². The lowest BCUT2D eigenvalue weighted by Gasteiger charge is -2.08. The van der Waals surface area contributed by atoms with Crippen molar-refractivity contribution in [1.29, 1.82) is 0 Å². The summed E-state index contributed by atoms with van der Waals surface area (Å²) < 4.78 is 7.29. The molecule has 0 aliphatic carbocycles. The van der Waals surface area contributed by atoms with Crippen LogP contribution in [0.5, 0.6) is 0 Å². The summed E-state index contributed by atoms with van der Waals surface area (Å²) in [5, 5.41) is 7.40. The Morgan fingerprint density at radius 1 is 1.30 bits per heavy atom. The fourth-order valence-corrected chi connectivity index (χ4v) is 1.84. The maximum atomic E-state index is 5.52. The van der Waals surface area contributed by atoms with Gasteiger partial charge in [-0.2, -0.15) is 5.10 Å². The minimum Gasteiger partial charge on any atom is -0.373 e. The van der Waals surface area contributed by atoms with Gasteiger partial charge in [-0.05, 0) is 13.3 Å². The van der Waals surface area contributed by atoms with E-state index in [-0.39, 0.29) is 0 Å². The monoisotopic (exact) mass is 275 g/mol. The van der Waals surface area contributed by atoms with E-state index < -0.39 is 0 Å². The zero-order chi connectivity index (χ0) is 14.4. The van der Waals surface area contributed by atoms with E-state index in [1.807, 2.05) is 26.2 Å². The highest BCUT2D eigenvalue weighted by Gasteiger charge is 2.08. The van der Waals surface area contributed by atoms with Gasteiger partial charge in [-0.1, -0.05) is 6.92 Å². The SMILES string of the molecule is CCCOCc1nc(NCC)cc(-c2cnn(C)c2)n1. The first-order chi connectivity index (χ1) is 9.72. The Bertz CT molecular complexity index is 552. The molecule has 6 heteroatoms. The number of ether oxygens (including phenoxy) is 1. The molecule has 0 saturated carbocycles. The molecule has 0 unspecified atom stereocenters. The van der Waals surface area contributed by atoms with Gasteiger partial charge in [0, 0.05) is 38.0 Å².